The SMILES string of the molecule is CC(c1ccccc1)c1ccc(-c2cccc(-c3cccc4oc(-c5ccccc5O)nc34)c2)nc1. The highest BCUT2D eigenvalue weighted by atomic mass is 16.3. The van der Waals surface area contributed by atoms with E-state index >= 15 is 0 Å². The van der Waals surface area contributed by atoms with Gasteiger partial charge in [-0.3, -0.25) is 4.98 Å². The van der Waals surface area contributed by atoms with Crippen LogP contribution in [-0.4, -0.2) is 15.1 Å². The van der Waals surface area contributed by atoms with Gasteiger partial charge in [0.1, 0.15) is 11.3 Å². The summed E-state index contributed by atoms with van der Waals surface area (Å²) in [5, 5.41) is 10.2. The van der Waals surface area contributed by atoms with Crippen LogP contribution in [-0.2, 0) is 0 Å². The van der Waals surface area contributed by atoms with E-state index in [0.29, 0.717) is 17.0 Å². The fourth-order valence-corrected chi connectivity index (χ4v) is 4.56. The van der Waals surface area contributed by atoms with Crippen molar-refractivity contribution >= 4 is 11.1 Å². The van der Waals surface area contributed by atoms with Crippen molar-refractivity contribution in [2.24, 2.45) is 0 Å². The molecule has 0 aliphatic carbocycles. The third kappa shape index (κ3) is 4.03. The van der Waals surface area contributed by atoms with Crippen molar-refractivity contribution in [2.75, 3.05) is 0 Å². The van der Waals surface area contributed by atoms with Gasteiger partial charge in [-0.1, -0.05) is 85.8 Å². The normalized spacial score (nSPS) is 12.0. The number of phenolic OH excluding ortho intramolecular Hbond substituents is 1. The number of nitrogens with zero attached hydrogens (tertiary/aromatic N) is 2. The number of hydrogen-bond acceptors (Lipinski definition) is 4. The van der Waals surface area contributed by atoms with E-state index in [0.717, 1.165) is 27.9 Å². The zero-order chi connectivity index (χ0) is 24.5. The van der Waals surface area contributed by atoms with Gasteiger partial charge in [0, 0.05) is 23.2 Å². The van der Waals surface area contributed by atoms with Crippen LogP contribution in [0.3, 0.4) is 0 Å². The van der Waals surface area contributed by atoms with Gasteiger partial charge in [-0.2, -0.15) is 0 Å². The van der Waals surface area contributed by atoms with Crippen molar-refractivity contribution in [3.63, 3.8) is 0 Å². The number of oxazole rings is 1. The lowest BCUT2D eigenvalue weighted by Crippen LogP contribution is -1.97. The zero-order valence-electron chi connectivity index (χ0n) is 19.8. The minimum atomic E-state index is 0.142. The first-order valence-corrected chi connectivity index (χ1v) is 12.0. The average molecular weight is 469 g/mol. The maximum atomic E-state index is 10.2. The molecule has 2 aromatic heterocycles. The van der Waals surface area contributed by atoms with E-state index in [1.807, 2.05) is 42.6 Å². The Morgan fingerprint density at radius 2 is 1.44 bits per heavy atom. The largest absolute Gasteiger partial charge is 0.507 e. The molecule has 0 fully saturated rings. The molecular weight excluding hydrogens is 444 g/mol. The molecule has 2 heterocycles. The van der Waals surface area contributed by atoms with Gasteiger partial charge in [-0.05, 0) is 47.0 Å². The van der Waals surface area contributed by atoms with Crippen molar-refractivity contribution in [2.45, 2.75) is 12.8 Å². The van der Waals surface area contributed by atoms with E-state index in [9.17, 15) is 5.11 Å². The number of aromatic hydroxyl groups is 1. The van der Waals surface area contributed by atoms with Crippen molar-refractivity contribution in [1.29, 1.82) is 0 Å². The predicted molar refractivity (Wildman–Crippen MR) is 144 cm³/mol. The average Bonchev–Trinajstić information content (AvgIpc) is 3.38. The lowest BCUT2D eigenvalue weighted by atomic mass is 9.94. The third-order valence-corrected chi connectivity index (χ3v) is 6.61. The monoisotopic (exact) mass is 468 g/mol. The molecule has 174 valence electrons. The summed E-state index contributed by atoms with van der Waals surface area (Å²) < 4.78 is 6.00. The van der Waals surface area contributed by atoms with Crippen LogP contribution in [0.1, 0.15) is 24.0 Å². The molecule has 0 aliphatic heterocycles. The summed E-state index contributed by atoms with van der Waals surface area (Å²) >= 11 is 0. The Bertz CT molecular complexity index is 1650. The highest BCUT2D eigenvalue weighted by molar-refractivity contribution is 5.93. The molecule has 0 bridgehead atoms. The van der Waals surface area contributed by atoms with Crippen LogP contribution in [0, 0.1) is 0 Å². The topological polar surface area (TPSA) is 59.2 Å². The molecule has 0 amide bonds. The molecule has 0 spiro atoms. The number of fused-ring (bicyclic) bond motifs is 1. The lowest BCUT2D eigenvalue weighted by molar-refractivity contribution is 0.474. The summed E-state index contributed by atoms with van der Waals surface area (Å²) in [6.45, 7) is 2.20. The van der Waals surface area contributed by atoms with Gasteiger partial charge in [0.05, 0.1) is 11.3 Å². The number of para-hydroxylation sites is 2. The Hall–Kier alpha value is -4.70. The minimum Gasteiger partial charge on any atom is -0.507 e. The highest BCUT2D eigenvalue weighted by Gasteiger charge is 2.16. The van der Waals surface area contributed by atoms with Gasteiger partial charge < -0.3 is 9.52 Å². The molecule has 1 unspecified atom stereocenters. The van der Waals surface area contributed by atoms with Gasteiger partial charge in [-0.25, -0.2) is 4.98 Å². The Balaban J connectivity index is 1.34. The first kappa shape index (κ1) is 21.8. The quantitative estimate of drug-likeness (QED) is 0.278. The molecule has 6 rings (SSSR count). The standard InChI is InChI=1S/C32H24N2O2/c1-21(22-9-3-2-4-10-22)25-17-18-28(33-20-25)24-12-7-11-23(19-24)26-14-8-16-30-31(26)34-32(36-30)27-13-5-6-15-29(27)35/h2-21,35H,1H3. The lowest BCUT2D eigenvalue weighted by Gasteiger charge is -2.13. The van der Waals surface area contributed by atoms with Crippen LogP contribution in [0.5, 0.6) is 5.75 Å². The fourth-order valence-electron chi connectivity index (χ4n) is 4.56. The predicted octanol–water partition coefficient (Wildman–Crippen LogP) is 8.08. The van der Waals surface area contributed by atoms with Crippen LogP contribution >= 0.6 is 0 Å². The highest BCUT2D eigenvalue weighted by Crippen LogP contribution is 2.36. The van der Waals surface area contributed by atoms with Crippen LogP contribution in [0.25, 0.3) is 44.9 Å². The van der Waals surface area contributed by atoms with Gasteiger partial charge in [0.2, 0.25) is 5.89 Å². The first-order valence-electron chi connectivity index (χ1n) is 12.0. The molecule has 36 heavy (non-hydrogen) atoms. The van der Waals surface area contributed by atoms with Gasteiger partial charge in [-0.15, -0.1) is 0 Å². The van der Waals surface area contributed by atoms with E-state index in [1.165, 1.54) is 11.1 Å². The molecule has 0 radical (unpaired) electrons. The zero-order valence-corrected chi connectivity index (χ0v) is 19.8. The first-order chi connectivity index (χ1) is 17.7. The van der Waals surface area contributed by atoms with E-state index in [-0.39, 0.29) is 11.7 Å². The summed E-state index contributed by atoms with van der Waals surface area (Å²) in [4.78, 5) is 9.52. The van der Waals surface area contributed by atoms with E-state index in [2.05, 4.69) is 61.5 Å². The number of aromatic nitrogens is 2. The summed E-state index contributed by atoms with van der Waals surface area (Å²) in [5.74, 6) is 0.822. The number of phenols is 1. The Kier molecular flexibility index (Phi) is 5.55. The Labute approximate surface area is 209 Å². The Morgan fingerprint density at radius 3 is 2.25 bits per heavy atom. The van der Waals surface area contributed by atoms with Gasteiger partial charge in [0.15, 0.2) is 5.58 Å². The molecule has 0 aliphatic rings. The minimum absolute atomic E-state index is 0.142. The maximum absolute atomic E-state index is 10.2. The number of benzene rings is 4. The van der Waals surface area contributed by atoms with Crippen LogP contribution in [0.15, 0.2) is 120 Å². The molecule has 0 saturated carbocycles. The third-order valence-electron chi connectivity index (χ3n) is 6.61. The second kappa shape index (κ2) is 9.16. The van der Waals surface area contributed by atoms with Crippen molar-refractivity contribution < 1.29 is 9.52 Å². The molecule has 6 aromatic rings. The number of hydrogen-bond donors (Lipinski definition) is 1. The van der Waals surface area contributed by atoms with Crippen LogP contribution in [0.2, 0.25) is 0 Å². The summed E-state index contributed by atoms with van der Waals surface area (Å²) in [7, 11) is 0. The summed E-state index contributed by atoms with van der Waals surface area (Å²) in [5.41, 5.74) is 8.41. The van der Waals surface area contributed by atoms with Gasteiger partial charge in [0.25, 0.3) is 0 Å². The number of rotatable bonds is 5. The maximum Gasteiger partial charge on any atom is 0.231 e. The molecule has 4 heteroatoms. The summed E-state index contributed by atoms with van der Waals surface area (Å²) in [6.07, 6.45) is 1.97. The molecule has 0 saturated heterocycles. The fraction of sp³-hybridized carbons (Fsp3) is 0.0625. The van der Waals surface area contributed by atoms with E-state index < -0.39 is 0 Å². The van der Waals surface area contributed by atoms with Crippen LogP contribution in [0.4, 0.5) is 0 Å². The Morgan fingerprint density at radius 1 is 0.694 bits per heavy atom. The van der Waals surface area contributed by atoms with Crippen molar-refractivity contribution in [1.82, 2.24) is 9.97 Å². The van der Waals surface area contributed by atoms with Crippen LogP contribution < -0.4 is 0 Å². The van der Waals surface area contributed by atoms with Crippen molar-refractivity contribution in [3.05, 3.63) is 127 Å². The molecule has 4 aromatic carbocycles. The van der Waals surface area contributed by atoms with E-state index in [1.54, 1.807) is 18.2 Å². The molecule has 4 nitrogen and oxygen atoms in total. The molecule has 1 atom stereocenters. The van der Waals surface area contributed by atoms with Gasteiger partial charge >= 0.3 is 0 Å². The van der Waals surface area contributed by atoms with Crippen molar-refractivity contribution in [3.8, 4) is 39.6 Å². The summed E-state index contributed by atoms with van der Waals surface area (Å²) in [6, 6.07) is 36.0. The second-order valence-corrected chi connectivity index (χ2v) is 8.88. The smallest absolute Gasteiger partial charge is 0.231 e. The molecular formula is C32H24N2O2. The molecule has 1 N–H and O–H groups in total. The van der Waals surface area contributed by atoms with E-state index in [4.69, 9.17) is 14.4 Å². The number of pyridine rings is 1. The second-order valence-electron chi connectivity index (χ2n) is 8.88.